The summed E-state index contributed by atoms with van der Waals surface area (Å²) in [7, 11) is 0. The van der Waals surface area contributed by atoms with Gasteiger partial charge in [0.1, 0.15) is 5.67 Å². The lowest BCUT2D eigenvalue weighted by Crippen LogP contribution is -2.43. The summed E-state index contributed by atoms with van der Waals surface area (Å²) >= 11 is 3.41. The average Bonchev–Trinajstić information content (AvgIpc) is 2.37. The van der Waals surface area contributed by atoms with Gasteiger partial charge in [0.05, 0.1) is 0 Å². The third-order valence-corrected chi connectivity index (χ3v) is 5.36. The highest BCUT2D eigenvalue weighted by atomic mass is 79.9. The third-order valence-electron chi connectivity index (χ3n) is 4.93. The standard InChI is InChI=1S/C17H23BrFN/c1-12(15(14(3)18)10-13(2)20)11-16-4-7-17(19,8-5-16)9-6-16/h10,20H,1,3-9,11H2,2H3/b15-10-,20-13?. The van der Waals surface area contributed by atoms with Crippen molar-refractivity contribution in [1.29, 1.82) is 5.41 Å². The number of rotatable bonds is 5. The SMILES string of the molecule is C=C(Br)/C(=C\C(C)=N)C(=C)CC12CCC(F)(CC1)CC2. The van der Waals surface area contributed by atoms with Crippen LogP contribution in [0, 0.1) is 10.8 Å². The Morgan fingerprint density at radius 3 is 2.10 bits per heavy atom. The molecule has 0 atom stereocenters. The van der Waals surface area contributed by atoms with Crippen molar-refractivity contribution in [3.63, 3.8) is 0 Å². The van der Waals surface area contributed by atoms with E-state index in [9.17, 15) is 4.39 Å². The molecule has 2 bridgehead atoms. The maximum Gasteiger partial charge on any atom is 0.111 e. The minimum absolute atomic E-state index is 0.225. The van der Waals surface area contributed by atoms with Crippen molar-refractivity contribution in [2.75, 3.05) is 0 Å². The number of nitrogens with one attached hydrogen (secondary N) is 1. The molecule has 3 rings (SSSR count). The Kier molecular flexibility index (Phi) is 4.38. The zero-order chi connectivity index (χ0) is 15.0. The molecule has 1 N–H and O–H groups in total. The molecule has 0 spiro atoms. The number of allylic oxidation sites excluding steroid dienone is 4. The van der Waals surface area contributed by atoms with E-state index in [0.29, 0.717) is 25.0 Å². The van der Waals surface area contributed by atoms with E-state index in [4.69, 9.17) is 5.41 Å². The van der Waals surface area contributed by atoms with E-state index < -0.39 is 5.67 Å². The molecule has 0 heterocycles. The summed E-state index contributed by atoms with van der Waals surface area (Å²) in [6.07, 6.45) is 7.72. The predicted molar refractivity (Wildman–Crippen MR) is 87.3 cm³/mol. The second kappa shape index (κ2) is 5.59. The van der Waals surface area contributed by atoms with Crippen LogP contribution in [0.3, 0.4) is 0 Å². The van der Waals surface area contributed by atoms with Gasteiger partial charge in [0.2, 0.25) is 0 Å². The van der Waals surface area contributed by atoms with Gasteiger partial charge in [0, 0.05) is 10.2 Å². The molecule has 3 saturated carbocycles. The van der Waals surface area contributed by atoms with Gasteiger partial charge in [-0.3, -0.25) is 0 Å². The van der Waals surface area contributed by atoms with Crippen molar-refractivity contribution < 1.29 is 4.39 Å². The predicted octanol–water partition coefficient (Wildman–Crippen LogP) is 5.87. The van der Waals surface area contributed by atoms with Crippen molar-refractivity contribution in [2.45, 2.75) is 57.5 Å². The van der Waals surface area contributed by atoms with Crippen LogP contribution in [0.15, 0.2) is 34.9 Å². The molecule has 3 heteroatoms. The van der Waals surface area contributed by atoms with Gasteiger partial charge in [0.15, 0.2) is 0 Å². The Morgan fingerprint density at radius 2 is 1.70 bits per heavy atom. The van der Waals surface area contributed by atoms with E-state index in [1.807, 2.05) is 0 Å². The fourth-order valence-electron chi connectivity index (χ4n) is 3.62. The summed E-state index contributed by atoms with van der Waals surface area (Å²) in [6, 6.07) is 0. The van der Waals surface area contributed by atoms with E-state index in [1.54, 1.807) is 13.0 Å². The fourth-order valence-corrected chi connectivity index (χ4v) is 4.01. The van der Waals surface area contributed by atoms with Gasteiger partial charge >= 0.3 is 0 Å². The fraction of sp³-hybridized carbons (Fsp3) is 0.588. The number of alkyl halides is 1. The summed E-state index contributed by atoms with van der Waals surface area (Å²) < 4.78 is 15.0. The Labute approximate surface area is 129 Å². The molecule has 0 aromatic rings. The summed E-state index contributed by atoms with van der Waals surface area (Å²) in [6.45, 7) is 9.87. The summed E-state index contributed by atoms with van der Waals surface area (Å²) in [5.74, 6) is 0. The Balaban J connectivity index is 2.11. The van der Waals surface area contributed by atoms with E-state index in [0.717, 1.165) is 41.3 Å². The van der Waals surface area contributed by atoms with Crippen molar-refractivity contribution in [2.24, 2.45) is 5.41 Å². The molecule has 3 aliphatic rings. The van der Waals surface area contributed by atoms with Gasteiger partial charge < -0.3 is 5.41 Å². The van der Waals surface area contributed by atoms with Gasteiger partial charge in [-0.05, 0) is 74.5 Å². The van der Waals surface area contributed by atoms with Crippen LogP contribution >= 0.6 is 15.9 Å². The van der Waals surface area contributed by atoms with Gasteiger partial charge in [-0.2, -0.15) is 0 Å². The Bertz CT molecular complexity index is 465. The molecule has 20 heavy (non-hydrogen) atoms. The molecule has 3 aliphatic carbocycles. The van der Waals surface area contributed by atoms with Crippen LogP contribution in [0.2, 0.25) is 0 Å². The van der Waals surface area contributed by atoms with Crippen LogP contribution < -0.4 is 0 Å². The number of fused-ring (bicyclic) bond motifs is 3. The van der Waals surface area contributed by atoms with Crippen molar-refractivity contribution in [3.8, 4) is 0 Å². The van der Waals surface area contributed by atoms with Crippen LogP contribution in [0.4, 0.5) is 4.39 Å². The average molecular weight is 340 g/mol. The van der Waals surface area contributed by atoms with Crippen LogP contribution in [0.5, 0.6) is 0 Å². The minimum atomic E-state index is -0.883. The monoisotopic (exact) mass is 339 g/mol. The Hall–Kier alpha value is -0.700. The van der Waals surface area contributed by atoms with E-state index in [1.165, 1.54) is 0 Å². The highest BCUT2D eigenvalue weighted by Gasteiger charge is 2.48. The van der Waals surface area contributed by atoms with Crippen LogP contribution in [-0.2, 0) is 0 Å². The zero-order valence-corrected chi connectivity index (χ0v) is 13.8. The molecule has 1 nitrogen and oxygen atoms in total. The highest BCUT2D eigenvalue weighted by molar-refractivity contribution is 9.11. The lowest BCUT2D eigenvalue weighted by Gasteiger charge is -2.50. The first-order chi connectivity index (χ1) is 9.25. The van der Waals surface area contributed by atoms with Crippen molar-refractivity contribution >= 4 is 21.6 Å². The van der Waals surface area contributed by atoms with E-state index in [2.05, 4.69) is 29.1 Å². The number of halogens is 2. The third kappa shape index (κ3) is 3.30. The lowest BCUT2D eigenvalue weighted by molar-refractivity contribution is -0.0337. The first-order valence-electron chi connectivity index (χ1n) is 7.24. The second-order valence-corrected chi connectivity index (χ2v) is 7.53. The van der Waals surface area contributed by atoms with Crippen molar-refractivity contribution in [3.05, 3.63) is 34.9 Å². The molecule has 0 aliphatic heterocycles. The summed E-state index contributed by atoms with van der Waals surface area (Å²) in [4.78, 5) is 0. The first-order valence-corrected chi connectivity index (χ1v) is 8.03. The largest absolute Gasteiger partial charge is 0.306 e. The van der Waals surface area contributed by atoms with Gasteiger partial charge in [-0.25, -0.2) is 4.39 Å². The molecule has 0 unspecified atom stereocenters. The van der Waals surface area contributed by atoms with Gasteiger partial charge in [0.25, 0.3) is 0 Å². The molecule has 110 valence electrons. The smallest absolute Gasteiger partial charge is 0.111 e. The molecule has 0 amide bonds. The zero-order valence-electron chi connectivity index (χ0n) is 12.2. The topological polar surface area (TPSA) is 23.9 Å². The highest BCUT2D eigenvalue weighted by Crippen LogP contribution is 2.57. The lowest BCUT2D eigenvalue weighted by atomic mass is 9.57. The van der Waals surface area contributed by atoms with Crippen molar-refractivity contribution in [1.82, 2.24) is 0 Å². The van der Waals surface area contributed by atoms with Crippen LogP contribution in [0.1, 0.15) is 51.9 Å². The van der Waals surface area contributed by atoms with Crippen LogP contribution in [0.25, 0.3) is 0 Å². The summed E-state index contributed by atoms with van der Waals surface area (Å²) in [5, 5.41) is 7.63. The quantitative estimate of drug-likeness (QED) is 0.478. The normalized spacial score (nSPS) is 33.0. The molecule has 0 radical (unpaired) electrons. The second-order valence-electron chi connectivity index (χ2n) is 6.58. The van der Waals surface area contributed by atoms with Gasteiger partial charge in [-0.15, -0.1) is 0 Å². The molecule has 0 aromatic carbocycles. The molecule has 3 fully saturated rings. The molecular weight excluding hydrogens is 317 g/mol. The van der Waals surface area contributed by atoms with Gasteiger partial charge in [-0.1, -0.05) is 29.1 Å². The minimum Gasteiger partial charge on any atom is -0.306 e. The molecular formula is C17H23BrFN. The van der Waals surface area contributed by atoms with E-state index >= 15 is 0 Å². The number of hydrogen-bond donors (Lipinski definition) is 1. The number of hydrogen-bond acceptors (Lipinski definition) is 1. The molecule has 0 aromatic heterocycles. The van der Waals surface area contributed by atoms with E-state index in [-0.39, 0.29) is 5.41 Å². The summed E-state index contributed by atoms with van der Waals surface area (Å²) in [5.41, 5.74) is 1.78. The maximum atomic E-state index is 14.2. The van der Waals surface area contributed by atoms with Crippen LogP contribution in [-0.4, -0.2) is 11.4 Å². The first kappa shape index (κ1) is 15.7. The molecule has 0 saturated heterocycles. The Morgan fingerprint density at radius 1 is 1.20 bits per heavy atom. The maximum absolute atomic E-state index is 14.2.